The zero-order valence-corrected chi connectivity index (χ0v) is 8.51. The number of rotatable bonds is 8. The molecular formula is C7H15O5S. The third-order valence-electron chi connectivity index (χ3n) is 1.04. The number of ether oxygens (including phenoxy) is 2. The first kappa shape index (κ1) is 12.8. The van der Waals surface area contributed by atoms with E-state index in [0.29, 0.717) is 19.8 Å². The average molecular weight is 211 g/mol. The van der Waals surface area contributed by atoms with E-state index in [-0.39, 0.29) is 13.2 Å². The molecule has 0 rings (SSSR count). The van der Waals surface area contributed by atoms with Crippen LogP contribution in [0.25, 0.3) is 0 Å². The Labute approximate surface area is 79.1 Å². The lowest BCUT2D eigenvalue weighted by Gasteiger charge is -2.03. The molecule has 13 heavy (non-hydrogen) atoms. The van der Waals surface area contributed by atoms with Crippen molar-refractivity contribution in [3.05, 3.63) is 6.92 Å². The maximum atomic E-state index is 10.5. The van der Waals surface area contributed by atoms with Gasteiger partial charge in [0.2, 0.25) is 0 Å². The maximum Gasteiger partial charge on any atom is 0.264 e. The fourth-order valence-electron chi connectivity index (χ4n) is 0.566. The highest BCUT2D eigenvalue weighted by Gasteiger charge is 1.99. The van der Waals surface area contributed by atoms with Gasteiger partial charge in [0.1, 0.15) is 0 Å². The Hall–Kier alpha value is -0.170. The molecule has 0 saturated carbocycles. The molecule has 79 valence electrons. The molecule has 0 aromatic rings. The van der Waals surface area contributed by atoms with Gasteiger partial charge < -0.3 is 9.47 Å². The standard InChI is InChI=1S/C7H15O5S/c1-3-10-4-5-11-6-7-12-13(2,8)9/h1,3-7H2,2H3. The van der Waals surface area contributed by atoms with Crippen molar-refractivity contribution in [2.45, 2.75) is 0 Å². The molecule has 6 heteroatoms. The second kappa shape index (κ2) is 7.25. The maximum absolute atomic E-state index is 10.5. The topological polar surface area (TPSA) is 61.8 Å². The van der Waals surface area contributed by atoms with E-state index in [0.717, 1.165) is 6.26 Å². The molecule has 0 aliphatic carbocycles. The zero-order chi connectivity index (χ0) is 10.2. The lowest BCUT2D eigenvalue weighted by Crippen LogP contribution is -2.12. The van der Waals surface area contributed by atoms with E-state index in [9.17, 15) is 8.42 Å². The van der Waals surface area contributed by atoms with Crippen LogP contribution in [0.5, 0.6) is 0 Å². The Bertz CT molecular complexity index is 199. The van der Waals surface area contributed by atoms with Gasteiger partial charge in [-0.1, -0.05) is 0 Å². The molecule has 0 spiro atoms. The summed E-state index contributed by atoms with van der Waals surface area (Å²) in [6.07, 6.45) is 0.999. The second-order valence-electron chi connectivity index (χ2n) is 2.25. The quantitative estimate of drug-likeness (QED) is 0.412. The van der Waals surface area contributed by atoms with Crippen molar-refractivity contribution in [2.24, 2.45) is 0 Å². The van der Waals surface area contributed by atoms with E-state index in [1.807, 2.05) is 0 Å². The van der Waals surface area contributed by atoms with Crippen LogP contribution in [0.3, 0.4) is 0 Å². The van der Waals surface area contributed by atoms with Gasteiger partial charge in [-0.3, -0.25) is 4.18 Å². The Balaban J connectivity index is 3.09. The number of hydrogen-bond acceptors (Lipinski definition) is 5. The van der Waals surface area contributed by atoms with Gasteiger partial charge in [-0.25, -0.2) is 0 Å². The Kier molecular flexibility index (Phi) is 7.16. The van der Waals surface area contributed by atoms with E-state index >= 15 is 0 Å². The molecule has 1 radical (unpaired) electrons. The van der Waals surface area contributed by atoms with Gasteiger partial charge in [0.05, 0.1) is 32.7 Å². The van der Waals surface area contributed by atoms with Gasteiger partial charge in [0, 0.05) is 6.61 Å². The van der Waals surface area contributed by atoms with Gasteiger partial charge in [-0.2, -0.15) is 8.42 Å². The highest BCUT2D eigenvalue weighted by atomic mass is 32.2. The largest absolute Gasteiger partial charge is 0.379 e. The SMILES string of the molecule is [CH2]COCCOCCOS(C)(=O)=O. The van der Waals surface area contributed by atoms with Crippen LogP contribution in [0, 0.1) is 6.92 Å². The Morgan fingerprint density at radius 3 is 2.15 bits per heavy atom. The van der Waals surface area contributed by atoms with Crippen LogP contribution in [0.1, 0.15) is 0 Å². The fourth-order valence-corrected chi connectivity index (χ4v) is 0.937. The predicted octanol–water partition coefficient (Wildman–Crippen LogP) is -0.170. The summed E-state index contributed by atoms with van der Waals surface area (Å²) < 4.78 is 35.2. The van der Waals surface area contributed by atoms with Crippen molar-refractivity contribution in [1.29, 1.82) is 0 Å². The summed E-state index contributed by atoms with van der Waals surface area (Å²) in [5.74, 6) is 0. The normalized spacial score (nSPS) is 11.8. The highest BCUT2D eigenvalue weighted by Crippen LogP contribution is 1.86. The molecule has 0 aromatic carbocycles. The van der Waals surface area contributed by atoms with Gasteiger partial charge in [0.15, 0.2) is 0 Å². The molecule has 0 saturated heterocycles. The molecule has 5 nitrogen and oxygen atoms in total. The summed E-state index contributed by atoms with van der Waals surface area (Å²) >= 11 is 0. The van der Waals surface area contributed by atoms with Crippen molar-refractivity contribution in [1.82, 2.24) is 0 Å². The van der Waals surface area contributed by atoms with Crippen molar-refractivity contribution < 1.29 is 22.1 Å². The summed E-state index contributed by atoms with van der Waals surface area (Å²) in [4.78, 5) is 0. The van der Waals surface area contributed by atoms with Crippen molar-refractivity contribution >= 4 is 10.1 Å². The predicted molar refractivity (Wildman–Crippen MR) is 47.8 cm³/mol. The first-order chi connectivity index (χ1) is 6.06. The molecule has 0 aliphatic rings. The van der Waals surface area contributed by atoms with Gasteiger partial charge in [-0.15, -0.1) is 0 Å². The molecular weight excluding hydrogens is 196 g/mol. The lowest BCUT2D eigenvalue weighted by molar-refractivity contribution is 0.0455. The third-order valence-corrected chi connectivity index (χ3v) is 1.64. The van der Waals surface area contributed by atoms with Crippen LogP contribution in [0.4, 0.5) is 0 Å². The molecule has 0 aromatic heterocycles. The second-order valence-corrected chi connectivity index (χ2v) is 3.89. The minimum Gasteiger partial charge on any atom is -0.379 e. The summed E-state index contributed by atoms with van der Waals surface area (Å²) in [6.45, 7) is 5.04. The molecule has 0 atom stereocenters. The van der Waals surface area contributed by atoms with E-state index in [4.69, 9.17) is 9.47 Å². The third kappa shape index (κ3) is 11.8. The molecule has 0 amide bonds. The molecule has 0 aliphatic heterocycles. The molecule has 0 unspecified atom stereocenters. The van der Waals surface area contributed by atoms with Crippen LogP contribution >= 0.6 is 0 Å². The Morgan fingerprint density at radius 2 is 1.62 bits per heavy atom. The summed E-state index contributed by atoms with van der Waals surface area (Å²) in [5.41, 5.74) is 0. The van der Waals surface area contributed by atoms with Crippen LogP contribution in [-0.4, -0.2) is 47.7 Å². The van der Waals surface area contributed by atoms with Crippen molar-refractivity contribution in [3.8, 4) is 0 Å². The minimum absolute atomic E-state index is 0.0448. The summed E-state index contributed by atoms with van der Waals surface area (Å²) in [7, 11) is -3.34. The molecule has 0 bridgehead atoms. The van der Waals surface area contributed by atoms with Crippen LogP contribution in [-0.2, 0) is 23.8 Å². The molecule has 0 fully saturated rings. The zero-order valence-electron chi connectivity index (χ0n) is 7.69. The minimum atomic E-state index is -3.34. The van der Waals surface area contributed by atoms with Crippen molar-refractivity contribution in [3.63, 3.8) is 0 Å². The van der Waals surface area contributed by atoms with Crippen LogP contribution in [0.2, 0.25) is 0 Å². The van der Waals surface area contributed by atoms with Crippen LogP contribution in [0.15, 0.2) is 0 Å². The molecule has 0 heterocycles. The first-order valence-electron chi connectivity index (χ1n) is 3.85. The highest BCUT2D eigenvalue weighted by molar-refractivity contribution is 7.85. The average Bonchev–Trinajstić information content (AvgIpc) is 2.01. The Morgan fingerprint density at radius 1 is 1.08 bits per heavy atom. The first-order valence-corrected chi connectivity index (χ1v) is 5.67. The van der Waals surface area contributed by atoms with Crippen LogP contribution < -0.4 is 0 Å². The van der Waals surface area contributed by atoms with Crippen molar-refractivity contribution in [2.75, 3.05) is 39.3 Å². The van der Waals surface area contributed by atoms with E-state index < -0.39 is 10.1 Å². The number of hydrogen-bond donors (Lipinski definition) is 0. The van der Waals surface area contributed by atoms with E-state index in [1.165, 1.54) is 0 Å². The van der Waals surface area contributed by atoms with Gasteiger partial charge in [-0.05, 0) is 6.92 Å². The monoisotopic (exact) mass is 211 g/mol. The summed E-state index contributed by atoms with van der Waals surface area (Å²) in [5, 5.41) is 0. The molecule has 0 N–H and O–H groups in total. The van der Waals surface area contributed by atoms with Gasteiger partial charge in [0.25, 0.3) is 10.1 Å². The fraction of sp³-hybridized carbons (Fsp3) is 0.857. The van der Waals surface area contributed by atoms with E-state index in [1.54, 1.807) is 0 Å². The van der Waals surface area contributed by atoms with E-state index in [2.05, 4.69) is 11.1 Å². The smallest absolute Gasteiger partial charge is 0.264 e. The van der Waals surface area contributed by atoms with Gasteiger partial charge >= 0.3 is 0 Å². The lowest BCUT2D eigenvalue weighted by atomic mass is 10.7. The summed E-state index contributed by atoms with van der Waals surface area (Å²) in [6, 6.07) is 0.